The maximum atomic E-state index is 14.6. The molecule has 4 heterocycles. The zero-order chi connectivity index (χ0) is 26.6. The van der Waals surface area contributed by atoms with E-state index in [0.717, 1.165) is 30.5 Å². The first kappa shape index (κ1) is 25.5. The summed E-state index contributed by atoms with van der Waals surface area (Å²) in [6.45, 7) is 5.69. The van der Waals surface area contributed by atoms with Gasteiger partial charge in [-0.3, -0.25) is 23.9 Å². The van der Waals surface area contributed by atoms with E-state index in [1.165, 1.54) is 30.8 Å². The van der Waals surface area contributed by atoms with Crippen molar-refractivity contribution in [1.82, 2.24) is 24.6 Å². The number of imidazole rings is 1. The van der Waals surface area contributed by atoms with Gasteiger partial charge < -0.3 is 10.6 Å². The average Bonchev–Trinajstić information content (AvgIpc) is 3.35. The van der Waals surface area contributed by atoms with Crippen molar-refractivity contribution in [2.45, 2.75) is 45.2 Å². The Morgan fingerprint density at radius 3 is 2.61 bits per heavy atom. The number of aromatic nitrogens is 3. The number of hydrogen-bond donors (Lipinski definition) is 2. The van der Waals surface area contributed by atoms with Gasteiger partial charge in [-0.05, 0) is 68.7 Å². The molecule has 2 atom stereocenters. The van der Waals surface area contributed by atoms with Gasteiger partial charge in [0.05, 0.1) is 11.9 Å². The standard InChI is InChI=1S/C29H31FN6O2/c1-19-5-3-6-20(2)35(19)14-12-32-28(37)22-8-9-24(30)25(15-22)34-29(38)26-18-33-27-16-21(10-13-36(26)27)23-7-4-11-31-17-23/h4,7-11,13,15-20H,3,5-6,12,14H2,1-2H3,(H,32,37)(H,34,38)/t19-,20+. The number of fused-ring (bicyclic) bond motifs is 1. The van der Waals surface area contributed by atoms with Crippen LogP contribution in [-0.2, 0) is 0 Å². The van der Waals surface area contributed by atoms with Crippen LogP contribution in [0, 0.1) is 5.82 Å². The molecule has 0 unspecified atom stereocenters. The number of benzene rings is 1. The van der Waals surface area contributed by atoms with E-state index in [9.17, 15) is 14.0 Å². The average molecular weight is 515 g/mol. The Labute approximate surface area is 220 Å². The highest BCUT2D eigenvalue weighted by atomic mass is 19.1. The van der Waals surface area contributed by atoms with Crippen molar-refractivity contribution in [2.24, 2.45) is 0 Å². The summed E-state index contributed by atoms with van der Waals surface area (Å²) < 4.78 is 16.2. The molecule has 9 heteroatoms. The number of nitrogens with one attached hydrogen (secondary N) is 2. The van der Waals surface area contributed by atoms with Crippen LogP contribution in [0.25, 0.3) is 16.8 Å². The summed E-state index contributed by atoms with van der Waals surface area (Å²) in [4.78, 5) is 36.7. The summed E-state index contributed by atoms with van der Waals surface area (Å²) in [5.41, 5.74) is 2.88. The van der Waals surface area contributed by atoms with Crippen LogP contribution in [0.2, 0.25) is 0 Å². The second-order valence-corrected chi connectivity index (χ2v) is 9.80. The molecule has 0 radical (unpaired) electrons. The van der Waals surface area contributed by atoms with Gasteiger partial charge in [0.15, 0.2) is 0 Å². The van der Waals surface area contributed by atoms with E-state index in [-0.39, 0.29) is 22.9 Å². The van der Waals surface area contributed by atoms with Crippen LogP contribution in [0.3, 0.4) is 0 Å². The topological polar surface area (TPSA) is 91.6 Å². The molecule has 5 rings (SSSR count). The Kier molecular flexibility index (Phi) is 7.46. The van der Waals surface area contributed by atoms with Crippen molar-refractivity contribution in [2.75, 3.05) is 18.4 Å². The minimum absolute atomic E-state index is 0.0668. The summed E-state index contributed by atoms with van der Waals surface area (Å²) in [6, 6.07) is 12.4. The van der Waals surface area contributed by atoms with E-state index in [4.69, 9.17) is 0 Å². The SMILES string of the molecule is C[C@@H]1CCC[C@H](C)N1CCNC(=O)c1ccc(F)c(NC(=O)c2cnc3cc(-c4cccnc4)ccn23)c1. The zero-order valence-electron chi connectivity index (χ0n) is 21.5. The fourth-order valence-electron chi connectivity index (χ4n) is 5.13. The number of piperidine rings is 1. The van der Waals surface area contributed by atoms with Crippen molar-refractivity contribution in [3.05, 3.63) is 84.3 Å². The molecule has 0 aliphatic carbocycles. The monoisotopic (exact) mass is 514 g/mol. The van der Waals surface area contributed by atoms with Crippen LogP contribution in [0.5, 0.6) is 0 Å². The van der Waals surface area contributed by atoms with Gasteiger partial charge in [-0.25, -0.2) is 9.37 Å². The third-order valence-electron chi connectivity index (χ3n) is 7.25. The molecule has 196 valence electrons. The van der Waals surface area contributed by atoms with Gasteiger partial charge in [0.25, 0.3) is 11.8 Å². The van der Waals surface area contributed by atoms with Crippen LogP contribution in [0.15, 0.2) is 67.3 Å². The molecule has 1 aliphatic rings. The van der Waals surface area contributed by atoms with Gasteiger partial charge in [-0.2, -0.15) is 0 Å². The third kappa shape index (κ3) is 5.43. The fraction of sp³-hybridized carbons (Fsp3) is 0.310. The number of anilines is 1. The highest BCUT2D eigenvalue weighted by Gasteiger charge is 2.24. The number of nitrogens with zero attached hydrogens (tertiary/aromatic N) is 4. The first-order valence-corrected chi connectivity index (χ1v) is 12.9. The Hall–Kier alpha value is -4.11. The van der Waals surface area contributed by atoms with E-state index >= 15 is 0 Å². The lowest BCUT2D eigenvalue weighted by Gasteiger charge is -2.39. The van der Waals surface area contributed by atoms with Gasteiger partial charge >= 0.3 is 0 Å². The summed E-state index contributed by atoms with van der Waals surface area (Å²) in [6.07, 6.45) is 10.2. The van der Waals surface area contributed by atoms with Crippen molar-refractivity contribution >= 4 is 23.1 Å². The molecule has 4 aromatic rings. The Bertz CT molecular complexity index is 1440. The summed E-state index contributed by atoms with van der Waals surface area (Å²) in [5, 5.41) is 5.52. The molecule has 0 bridgehead atoms. The third-order valence-corrected chi connectivity index (χ3v) is 7.25. The lowest BCUT2D eigenvalue weighted by atomic mass is 9.98. The quantitative estimate of drug-likeness (QED) is 0.370. The van der Waals surface area contributed by atoms with E-state index in [1.807, 2.05) is 24.3 Å². The lowest BCUT2D eigenvalue weighted by Crippen LogP contribution is -2.47. The first-order valence-electron chi connectivity index (χ1n) is 12.9. The van der Waals surface area contributed by atoms with Gasteiger partial charge in [0, 0.05) is 54.9 Å². The number of likely N-dealkylation sites (tertiary alicyclic amines) is 1. The van der Waals surface area contributed by atoms with Crippen LogP contribution < -0.4 is 10.6 Å². The Morgan fingerprint density at radius 2 is 1.84 bits per heavy atom. The van der Waals surface area contributed by atoms with E-state index < -0.39 is 11.7 Å². The van der Waals surface area contributed by atoms with Crippen LogP contribution in [0.4, 0.5) is 10.1 Å². The first-order chi connectivity index (χ1) is 18.4. The normalized spacial score (nSPS) is 17.9. The maximum Gasteiger partial charge on any atom is 0.274 e. The van der Waals surface area contributed by atoms with Crippen molar-refractivity contribution < 1.29 is 14.0 Å². The van der Waals surface area contributed by atoms with Gasteiger partial charge in [0.2, 0.25) is 0 Å². The maximum absolute atomic E-state index is 14.6. The van der Waals surface area contributed by atoms with Crippen LogP contribution >= 0.6 is 0 Å². The van der Waals surface area contributed by atoms with Gasteiger partial charge in [-0.15, -0.1) is 0 Å². The number of carbonyl (C=O) groups is 2. The molecule has 2 N–H and O–H groups in total. The second kappa shape index (κ2) is 11.1. The van der Waals surface area contributed by atoms with Crippen LogP contribution in [-0.4, -0.2) is 56.3 Å². The molecule has 38 heavy (non-hydrogen) atoms. The molecular weight excluding hydrogens is 483 g/mol. The number of hydrogen-bond acceptors (Lipinski definition) is 5. The van der Waals surface area contributed by atoms with E-state index in [2.05, 4.69) is 39.3 Å². The smallest absolute Gasteiger partial charge is 0.274 e. The van der Waals surface area contributed by atoms with Crippen molar-refractivity contribution in [3.8, 4) is 11.1 Å². The Balaban J connectivity index is 1.26. The zero-order valence-corrected chi connectivity index (χ0v) is 21.5. The predicted molar refractivity (Wildman–Crippen MR) is 145 cm³/mol. The minimum atomic E-state index is -0.626. The fourth-order valence-corrected chi connectivity index (χ4v) is 5.13. The van der Waals surface area contributed by atoms with Crippen LogP contribution in [0.1, 0.15) is 54.0 Å². The molecule has 1 saturated heterocycles. The summed E-state index contributed by atoms with van der Waals surface area (Å²) in [7, 11) is 0. The molecule has 8 nitrogen and oxygen atoms in total. The minimum Gasteiger partial charge on any atom is -0.351 e. The molecule has 1 aromatic carbocycles. The Morgan fingerprint density at radius 1 is 1.03 bits per heavy atom. The number of rotatable bonds is 7. The molecule has 1 aliphatic heterocycles. The molecule has 2 amide bonds. The molecule has 3 aromatic heterocycles. The molecule has 1 fully saturated rings. The van der Waals surface area contributed by atoms with Crippen molar-refractivity contribution in [1.29, 1.82) is 0 Å². The predicted octanol–water partition coefficient (Wildman–Crippen LogP) is 4.78. The summed E-state index contributed by atoms with van der Waals surface area (Å²) >= 11 is 0. The lowest BCUT2D eigenvalue weighted by molar-refractivity contribution is 0.0888. The highest BCUT2D eigenvalue weighted by molar-refractivity contribution is 6.04. The highest BCUT2D eigenvalue weighted by Crippen LogP contribution is 2.23. The number of carbonyl (C=O) groups excluding carboxylic acids is 2. The number of pyridine rings is 2. The molecule has 0 saturated carbocycles. The van der Waals surface area contributed by atoms with E-state index in [0.29, 0.717) is 24.3 Å². The molecule has 0 spiro atoms. The number of halogens is 1. The van der Waals surface area contributed by atoms with Crippen molar-refractivity contribution in [3.63, 3.8) is 0 Å². The second-order valence-electron chi connectivity index (χ2n) is 9.80. The summed E-state index contributed by atoms with van der Waals surface area (Å²) in [5.74, 6) is -1.47. The number of amides is 2. The van der Waals surface area contributed by atoms with E-state index in [1.54, 1.807) is 23.0 Å². The van der Waals surface area contributed by atoms with Gasteiger partial charge in [-0.1, -0.05) is 12.5 Å². The largest absolute Gasteiger partial charge is 0.351 e. The van der Waals surface area contributed by atoms with Gasteiger partial charge in [0.1, 0.15) is 17.2 Å². The molecular formula is C29H31FN6O2.